The van der Waals surface area contributed by atoms with Gasteiger partial charge in [-0.05, 0) is 82.9 Å². The van der Waals surface area contributed by atoms with Crippen molar-refractivity contribution >= 4 is 55.7 Å². The van der Waals surface area contributed by atoms with Crippen molar-refractivity contribution in [3.63, 3.8) is 0 Å². The highest BCUT2D eigenvalue weighted by atomic mass is 35.5. The molecule has 11 heteroatoms. The largest absolute Gasteiger partial charge is 0.506 e. The number of rotatable bonds is 9. The van der Waals surface area contributed by atoms with Crippen molar-refractivity contribution in [2.24, 2.45) is 0 Å². The highest BCUT2D eigenvalue weighted by Crippen LogP contribution is 2.35. The summed E-state index contributed by atoms with van der Waals surface area (Å²) in [7, 11) is -4.50. The molecule has 6 aromatic rings. The molecule has 6 rings (SSSR count). The predicted molar refractivity (Wildman–Crippen MR) is 179 cm³/mol. The van der Waals surface area contributed by atoms with Gasteiger partial charge in [0.25, 0.3) is 5.91 Å². The van der Waals surface area contributed by atoms with Crippen molar-refractivity contribution in [1.29, 1.82) is 0 Å². The Balaban J connectivity index is 1.37. The molecule has 1 heterocycles. The quantitative estimate of drug-likeness (QED) is 0.143. The van der Waals surface area contributed by atoms with Gasteiger partial charge in [-0.1, -0.05) is 71.7 Å². The van der Waals surface area contributed by atoms with Crippen molar-refractivity contribution in [2.45, 2.75) is 18.0 Å². The fourth-order valence-electron chi connectivity index (χ4n) is 5.18. The predicted octanol–water partition coefficient (Wildman–Crippen LogP) is 8.63. The minimum absolute atomic E-state index is 0.0622. The summed E-state index contributed by atoms with van der Waals surface area (Å²) in [5, 5.41) is 15.3. The molecule has 46 heavy (non-hydrogen) atoms. The zero-order valence-electron chi connectivity index (χ0n) is 24.0. The summed E-state index contributed by atoms with van der Waals surface area (Å²) < 4.78 is 43.5. The van der Waals surface area contributed by atoms with E-state index in [0.29, 0.717) is 21.8 Å². The molecule has 0 fully saturated rings. The van der Waals surface area contributed by atoms with Crippen molar-refractivity contribution in [3.05, 3.63) is 148 Å². The summed E-state index contributed by atoms with van der Waals surface area (Å²) in [6.07, 6.45) is 1.72. The second-order valence-electron chi connectivity index (χ2n) is 10.6. The first-order chi connectivity index (χ1) is 22.1. The highest BCUT2D eigenvalue weighted by molar-refractivity contribution is 7.89. The van der Waals surface area contributed by atoms with E-state index in [1.54, 1.807) is 42.6 Å². The summed E-state index contributed by atoms with van der Waals surface area (Å²) in [5.74, 6) is -1.96. The van der Waals surface area contributed by atoms with Gasteiger partial charge in [-0.25, -0.2) is 12.8 Å². The van der Waals surface area contributed by atoms with Crippen molar-refractivity contribution in [1.82, 2.24) is 9.29 Å². The van der Waals surface area contributed by atoms with E-state index in [4.69, 9.17) is 23.2 Å². The lowest BCUT2D eigenvalue weighted by molar-refractivity contribution is 0.102. The number of aromatic hydroxyl groups is 1. The number of amides is 1. The van der Waals surface area contributed by atoms with Gasteiger partial charge >= 0.3 is 0 Å². The van der Waals surface area contributed by atoms with E-state index in [1.165, 1.54) is 30.3 Å². The van der Waals surface area contributed by atoms with Crippen LogP contribution in [-0.2, 0) is 23.1 Å². The van der Waals surface area contributed by atoms with Gasteiger partial charge < -0.3 is 15.4 Å². The van der Waals surface area contributed by atoms with Crippen LogP contribution >= 0.6 is 23.2 Å². The number of fused-ring (bicyclic) bond motifs is 1. The Bertz CT molecular complexity index is 2170. The van der Waals surface area contributed by atoms with Crippen molar-refractivity contribution in [2.75, 3.05) is 5.32 Å². The van der Waals surface area contributed by atoms with Gasteiger partial charge in [-0.3, -0.25) is 4.79 Å². The number of H-pyrrole nitrogens is 1. The normalized spacial score (nSPS) is 11.7. The number of anilines is 1. The standard InChI is InChI=1S/C35H26Cl2FN3O4S/c36-26-11-9-24(10-12-26)25-4-1-3-23(17-25)21-41(20-22-7-13-28(38)14-8-22)46(44,45)33-19-27(37)18-30(34(33)42)35(43)40-32-6-2-5-31-29(32)15-16-39-31/h1-19,39,42H,20-21H2,(H,40,43). The summed E-state index contributed by atoms with van der Waals surface area (Å²) in [4.78, 5) is 15.9. The summed E-state index contributed by atoms with van der Waals surface area (Å²) in [6, 6.07) is 29.4. The van der Waals surface area contributed by atoms with E-state index >= 15 is 0 Å². The van der Waals surface area contributed by atoms with Crippen LogP contribution in [0.2, 0.25) is 10.0 Å². The molecule has 0 bridgehead atoms. The fraction of sp³-hybridized carbons (Fsp3) is 0.0571. The first-order valence-electron chi connectivity index (χ1n) is 14.1. The van der Waals surface area contributed by atoms with Crippen LogP contribution in [0.3, 0.4) is 0 Å². The average Bonchev–Trinajstić information content (AvgIpc) is 3.53. The number of carbonyl (C=O) groups excluding carboxylic acids is 1. The maximum Gasteiger partial charge on any atom is 0.259 e. The Hall–Kier alpha value is -4.67. The zero-order chi connectivity index (χ0) is 32.4. The molecule has 5 aromatic carbocycles. The molecule has 1 aromatic heterocycles. The Morgan fingerprint density at radius 2 is 1.52 bits per heavy atom. The number of sulfonamides is 1. The van der Waals surface area contributed by atoms with Crippen LogP contribution < -0.4 is 5.32 Å². The summed E-state index contributed by atoms with van der Waals surface area (Å²) >= 11 is 12.4. The maximum absolute atomic E-state index is 14.3. The maximum atomic E-state index is 14.3. The van der Waals surface area contributed by atoms with Crippen LogP contribution in [0.1, 0.15) is 21.5 Å². The lowest BCUT2D eigenvalue weighted by atomic mass is 10.0. The number of phenols is 1. The van der Waals surface area contributed by atoms with Gasteiger partial charge in [0.1, 0.15) is 16.5 Å². The number of hydrogen-bond acceptors (Lipinski definition) is 4. The number of benzene rings is 5. The lowest BCUT2D eigenvalue weighted by Gasteiger charge is -2.24. The minimum Gasteiger partial charge on any atom is -0.506 e. The van der Waals surface area contributed by atoms with Crippen LogP contribution in [0, 0.1) is 5.82 Å². The molecule has 0 saturated carbocycles. The SMILES string of the molecule is O=C(Nc1cccc2[nH]ccc12)c1cc(Cl)cc(S(=O)(=O)N(Cc2ccc(F)cc2)Cc2cccc(-c3ccc(Cl)cc3)c2)c1O. The molecule has 0 spiro atoms. The molecule has 0 radical (unpaired) electrons. The zero-order valence-corrected chi connectivity index (χ0v) is 26.4. The molecule has 0 atom stereocenters. The first-order valence-corrected chi connectivity index (χ1v) is 16.3. The van der Waals surface area contributed by atoms with E-state index in [2.05, 4.69) is 10.3 Å². The fourth-order valence-corrected chi connectivity index (χ4v) is 7.14. The van der Waals surface area contributed by atoms with Gasteiger partial charge in [-0.2, -0.15) is 4.31 Å². The van der Waals surface area contributed by atoms with Crippen molar-refractivity contribution in [3.8, 4) is 16.9 Å². The van der Waals surface area contributed by atoms with E-state index in [-0.39, 0.29) is 23.7 Å². The number of nitrogens with one attached hydrogen (secondary N) is 2. The number of hydrogen-bond donors (Lipinski definition) is 3. The molecule has 0 unspecified atom stereocenters. The Kier molecular flexibility index (Phi) is 8.84. The lowest BCUT2D eigenvalue weighted by Crippen LogP contribution is -2.30. The number of aromatic amines is 1. The topological polar surface area (TPSA) is 102 Å². The summed E-state index contributed by atoms with van der Waals surface area (Å²) in [6.45, 7) is -0.263. The minimum atomic E-state index is -4.50. The number of nitrogens with zero attached hydrogens (tertiary/aromatic N) is 1. The second kappa shape index (κ2) is 13.0. The van der Waals surface area contributed by atoms with Crippen LogP contribution in [0.25, 0.3) is 22.0 Å². The van der Waals surface area contributed by atoms with Crippen LogP contribution in [0.5, 0.6) is 5.75 Å². The smallest absolute Gasteiger partial charge is 0.259 e. The second-order valence-corrected chi connectivity index (χ2v) is 13.4. The van der Waals surface area contributed by atoms with E-state index in [0.717, 1.165) is 32.4 Å². The number of halogens is 3. The number of aromatic nitrogens is 1. The third-order valence-electron chi connectivity index (χ3n) is 7.48. The molecule has 0 aliphatic rings. The first kappa shape index (κ1) is 31.3. The Labute approximate surface area is 274 Å². The molecule has 3 N–H and O–H groups in total. The molecule has 7 nitrogen and oxygen atoms in total. The molecule has 1 amide bonds. The third-order valence-corrected chi connectivity index (χ3v) is 9.76. The molecule has 0 aliphatic carbocycles. The van der Waals surface area contributed by atoms with Crippen LogP contribution in [-0.4, -0.2) is 28.7 Å². The summed E-state index contributed by atoms with van der Waals surface area (Å²) in [5.41, 5.74) is 3.83. The Morgan fingerprint density at radius 3 is 2.28 bits per heavy atom. The highest BCUT2D eigenvalue weighted by Gasteiger charge is 2.31. The molecular weight excluding hydrogens is 648 g/mol. The van der Waals surface area contributed by atoms with Gasteiger partial charge in [0, 0.05) is 40.2 Å². The van der Waals surface area contributed by atoms with Gasteiger partial charge in [0.05, 0.1) is 11.3 Å². The number of phenolic OH excluding ortho intramolecular Hbond substituents is 1. The van der Waals surface area contributed by atoms with Crippen LogP contribution in [0.15, 0.2) is 120 Å². The molecule has 0 aliphatic heterocycles. The monoisotopic (exact) mass is 673 g/mol. The van der Waals surface area contributed by atoms with Gasteiger partial charge in [0.2, 0.25) is 10.0 Å². The van der Waals surface area contributed by atoms with E-state index in [1.807, 2.05) is 36.4 Å². The Morgan fingerprint density at radius 1 is 0.804 bits per heavy atom. The van der Waals surface area contributed by atoms with Crippen molar-refractivity contribution < 1.29 is 22.7 Å². The molecule has 232 valence electrons. The number of carbonyl (C=O) groups is 1. The third kappa shape index (κ3) is 6.63. The van der Waals surface area contributed by atoms with Gasteiger partial charge in [-0.15, -0.1) is 0 Å². The molecular formula is C35H26Cl2FN3O4S. The van der Waals surface area contributed by atoms with E-state index in [9.17, 15) is 22.7 Å². The van der Waals surface area contributed by atoms with E-state index < -0.39 is 32.4 Å². The molecule has 0 saturated heterocycles. The van der Waals surface area contributed by atoms with Gasteiger partial charge in [0.15, 0.2) is 0 Å². The average molecular weight is 675 g/mol. The van der Waals surface area contributed by atoms with Crippen LogP contribution in [0.4, 0.5) is 10.1 Å².